The first kappa shape index (κ1) is 12.1. The van der Waals surface area contributed by atoms with Crippen LogP contribution in [0.5, 0.6) is 0 Å². The molecule has 0 aliphatic carbocycles. The Morgan fingerprint density at radius 1 is 1.44 bits per heavy atom. The van der Waals surface area contributed by atoms with E-state index in [1.54, 1.807) is 11.3 Å². The van der Waals surface area contributed by atoms with Gasteiger partial charge in [0.2, 0.25) is 0 Å². The average Bonchev–Trinajstić information content (AvgIpc) is 2.60. The van der Waals surface area contributed by atoms with E-state index in [4.69, 9.17) is 4.74 Å². The predicted octanol–water partition coefficient (Wildman–Crippen LogP) is 3.21. The fourth-order valence-electron chi connectivity index (χ4n) is 2.15. The molecule has 2 unspecified atom stereocenters. The Morgan fingerprint density at radius 2 is 2.25 bits per heavy atom. The number of hydrogen-bond donors (Lipinski definition) is 1. The van der Waals surface area contributed by atoms with Crippen LogP contribution in [0.1, 0.15) is 38.9 Å². The molecule has 1 aromatic rings. The van der Waals surface area contributed by atoms with Crippen LogP contribution in [-0.2, 0) is 4.74 Å². The lowest BCUT2D eigenvalue weighted by atomic mass is 9.85. The molecule has 2 atom stereocenters. The highest BCUT2D eigenvalue weighted by Gasteiger charge is 2.28. The summed E-state index contributed by atoms with van der Waals surface area (Å²) in [4.78, 5) is 0. The zero-order chi connectivity index (χ0) is 11.6. The monoisotopic (exact) mass is 239 g/mol. The van der Waals surface area contributed by atoms with E-state index in [0.717, 1.165) is 19.6 Å². The fourth-order valence-corrected chi connectivity index (χ4v) is 2.85. The molecule has 1 saturated heterocycles. The van der Waals surface area contributed by atoms with E-state index in [1.165, 1.54) is 5.56 Å². The van der Waals surface area contributed by atoms with Crippen LogP contribution in [0.15, 0.2) is 16.8 Å². The number of thiophene rings is 1. The van der Waals surface area contributed by atoms with Gasteiger partial charge in [0.25, 0.3) is 0 Å². The predicted molar refractivity (Wildman–Crippen MR) is 68.9 cm³/mol. The molecule has 2 heterocycles. The molecular formula is C13H21NOS. The van der Waals surface area contributed by atoms with E-state index < -0.39 is 0 Å². The van der Waals surface area contributed by atoms with Crippen LogP contribution >= 0.6 is 11.3 Å². The zero-order valence-electron chi connectivity index (χ0n) is 10.3. The van der Waals surface area contributed by atoms with Gasteiger partial charge in [-0.2, -0.15) is 11.3 Å². The minimum absolute atomic E-state index is 0.235. The summed E-state index contributed by atoms with van der Waals surface area (Å²) in [6.45, 7) is 8.65. The Bertz CT molecular complexity index is 315. The van der Waals surface area contributed by atoms with Crippen molar-refractivity contribution in [3.05, 3.63) is 22.4 Å². The molecule has 3 heteroatoms. The summed E-state index contributed by atoms with van der Waals surface area (Å²) < 4.78 is 5.92. The SMILES string of the molecule is CC(C)(C)C1CCOC(c2ccsc2)CN1. The highest BCUT2D eigenvalue weighted by molar-refractivity contribution is 7.07. The van der Waals surface area contributed by atoms with Gasteiger partial charge in [-0.25, -0.2) is 0 Å². The Hall–Kier alpha value is -0.380. The van der Waals surface area contributed by atoms with Gasteiger partial charge in [-0.3, -0.25) is 0 Å². The van der Waals surface area contributed by atoms with Crippen molar-refractivity contribution in [3.63, 3.8) is 0 Å². The van der Waals surface area contributed by atoms with Gasteiger partial charge in [-0.1, -0.05) is 20.8 Å². The third-order valence-electron chi connectivity index (χ3n) is 3.24. The molecule has 0 bridgehead atoms. The van der Waals surface area contributed by atoms with Gasteiger partial charge in [0.05, 0.1) is 6.10 Å². The molecule has 16 heavy (non-hydrogen) atoms. The van der Waals surface area contributed by atoms with Crippen LogP contribution < -0.4 is 5.32 Å². The number of rotatable bonds is 1. The third-order valence-corrected chi connectivity index (χ3v) is 3.94. The lowest BCUT2D eigenvalue weighted by Crippen LogP contribution is -2.40. The fraction of sp³-hybridized carbons (Fsp3) is 0.692. The Kier molecular flexibility index (Phi) is 3.67. The first-order chi connectivity index (χ1) is 7.57. The summed E-state index contributed by atoms with van der Waals surface area (Å²) in [5.74, 6) is 0. The normalized spacial score (nSPS) is 27.7. The van der Waals surface area contributed by atoms with Crippen molar-refractivity contribution >= 4 is 11.3 Å². The maximum atomic E-state index is 5.92. The van der Waals surface area contributed by atoms with Gasteiger partial charge in [-0.05, 0) is 34.2 Å². The van der Waals surface area contributed by atoms with Gasteiger partial charge >= 0.3 is 0 Å². The van der Waals surface area contributed by atoms with Gasteiger partial charge in [0.15, 0.2) is 0 Å². The number of nitrogens with one attached hydrogen (secondary N) is 1. The Morgan fingerprint density at radius 3 is 2.88 bits per heavy atom. The standard InChI is InChI=1S/C13H21NOS/c1-13(2,3)12-4-6-15-11(8-14-12)10-5-7-16-9-10/h5,7,9,11-12,14H,4,6,8H2,1-3H3. The van der Waals surface area contributed by atoms with Gasteiger partial charge in [-0.15, -0.1) is 0 Å². The molecule has 0 amide bonds. The quantitative estimate of drug-likeness (QED) is 0.812. The van der Waals surface area contributed by atoms with Crippen molar-refractivity contribution in [2.45, 2.75) is 39.3 Å². The smallest absolute Gasteiger partial charge is 0.0957 e. The molecule has 2 nitrogen and oxygen atoms in total. The maximum absolute atomic E-state index is 5.92. The lowest BCUT2D eigenvalue weighted by Gasteiger charge is -2.30. The second-order valence-corrected chi connectivity index (χ2v) is 6.31. The van der Waals surface area contributed by atoms with Crippen molar-refractivity contribution in [1.82, 2.24) is 5.32 Å². The van der Waals surface area contributed by atoms with Crippen LogP contribution in [-0.4, -0.2) is 19.2 Å². The van der Waals surface area contributed by atoms with E-state index >= 15 is 0 Å². The van der Waals surface area contributed by atoms with Gasteiger partial charge in [0.1, 0.15) is 0 Å². The minimum atomic E-state index is 0.235. The molecule has 1 aromatic heterocycles. The van der Waals surface area contributed by atoms with Gasteiger partial charge in [0, 0.05) is 19.2 Å². The molecule has 0 spiro atoms. The van der Waals surface area contributed by atoms with E-state index in [1.807, 2.05) is 0 Å². The van der Waals surface area contributed by atoms with Gasteiger partial charge < -0.3 is 10.1 Å². The summed E-state index contributed by atoms with van der Waals surface area (Å²) in [5, 5.41) is 7.94. The number of ether oxygens (including phenoxy) is 1. The first-order valence-corrected chi connectivity index (χ1v) is 6.89. The van der Waals surface area contributed by atoms with E-state index in [0.29, 0.717) is 11.5 Å². The van der Waals surface area contributed by atoms with Crippen LogP contribution in [0.3, 0.4) is 0 Å². The van der Waals surface area contributed by atoms with Crippen LogP contribution in [0.25, 0.3) is 0 Å². The van der Waals surface area contributed by atoms with Crippen LogP contribution in [0.2, 0.25) is 0 Å². The minimum Gasteiger partial charge on any atom is -0.372 e. The largest absolute Gasteiger partial charge is 0.372 e. The maximum Gasteiger partial charge on any atom is 0.0957 e. The topological polar surface area (TPSA) is 21.3 Å². The van der Waals surface area contributed by atoms with E-state index in [2.05, 4.69) is 42.9 Å². The second kappa shape index (κ2) is 4.86. The highest BCUT2D eigenvalue weighted by atomic mass is 32.1. The van der Waals surface area contributed by atoms with E-state index in [9.17, 15) is 0 Å². The Labute approximate surface area is 102 Å². The summed E-state index contributed by atoms with van der Waals surface area (Å²) in [5.41, 5.74) is 1.62. The van der Waals surface area contributed by atoms with Crippen LogP contribution in [0, 0.1) is 5.41 Å². The molecule has 1 aliphatic rings. The van der Waals surface area contributed by atoms with Crippen LogP contribution in [0.4, 0.5) is 0 Å². The van der Waals surface area contributed by atoms with Crippen molar-refractivity contribution in [3.8, 4) is 0 Å². The molecule has 2 rings (SSSR count). The first-order valence-electron chi connectivity index (χ1n) is 5.94. The highest BCUT2D eigenvalue weighted by Crippen LogP contribution is 2.27. The summed E-state index contributed by atoms with van der Waals surface area (Å²) in [6.07, 6.45) is 1.34. The molecule has 0 radical (unpaired) electrons. The summed E-state index contributed by atoms with van der Waals surface area (Å²) in [7, 11) is 0. The molecule has 1 N–H and O–H groups in total. The molecule has 1 fully saturated rings. The molecule has 0 aromatic carbocycles. The van der Waals surface area contributed by atoms with Crippen molar-refractivity contribution in [2.75, 3.05) is 13.2 Å². The zero-order valence-corrected chi connectivity index (χ0v) is 11.1. The van der Waals surface area contributed by atoms with Crippen molar-refractivity contribution < 1.29 is 4.74 Å². The lowest BCUT2D eigenvalue weighted by molar-refractivity contribution is 0.0656. The summed E-state index contributed by atoms with van der Waals surface area (Å²) in [6, 6.07) is 2.71. The molecular weight excluding hydrogens is 218 g/mol. The Balaban J connectivity index is 1.99. The molecule has 90 valence electrons. The second-order valence-electron chi connectivity index (χ2n) is 5.53. The van der Waals surface area contributed by atoms with E-state index in [-0.39, 0.29) is 6.10 Å². The third kappa shape index (κ3) is 2.84. The molecule has 0 saturated carbocycles. The van der Waals surface area contributed by atoms with Crippen molar-refractivity contribution in [2.24, 2.45) is 5.41 Å². The average molecular weight is 239 g/mol. The number of hydrogen-bond acceptors (Lipinski definition) is 3. The summed E-state index contributed by atoms with van der Waals surface area (Å²) >= 11 is 1.74. The van der Waals surface area contributed by atoms with Crippen molar-refractivity contribution in [1.29, 1.82) is 0 Å². The molecule has 1 aliphatic heterocycles.